The van der Waals surface area contributed by atoms with Gasteiger partial charge in [-0.1, -0.05) is 37.6 Å². The number of hydrogen-bond acceptors (Lipinski definition) is 5. The minimum atomic E-state index is -1.01. The Morgan fingerprint density at radius 2 is 1.91 bits per heavy atom. The maximum Gasteiger partial charge on any atom is 0.352 e. The second-order valence-corrected chi connectivity index (χ2v) is 5.45. The quantitative estimate of drug-likeness (QED) is 0.546. The monoisotopic (exact) mass is 307 g/mol. The van der Waals surface area contributed by atoms with Crippen molar-refractivity contribution in [3.8, 4) is 0 Å². The Labute approximate surface area is 132 Å². The second-order valence-electron chi connectivity index (χ2n) is 5.45. The van der Waals surface area contributed by atoms with Crippen LogP contribution in [0.3, 0.4) is 0 Å². The van der Waals surface area contributed by atoms with Crippen molar-refractivity contribution in [2.45, 2.75) is 39.3 Å². The lowest BCUT2D eigenvalue weighted by molar-refractivity contribution is -0.167. The molecule has 5 nitrogen and oxygen atoms in total. The minimum Gasteiger partial charge on any atom is -0.463 e. The molecular weight excluding hydrogens is 282 g/mol. The SMILES string of the molecule is CCCCOC(=O)C(OC(C)=O)c1ccccc1CN(C)C. The zero-order valence-corrected chi connectivity index (χ0v) is 13.8. The van der Waals surface area contributed by atoms with Gasteiger partial charge in [0.2, 0.25) is 6.10 Å². The zero-order valence-electron chi connectivity index (χ0n) is 13.8. The molecule has 0 amide bonds. The molecule has 1 rings (SSSR count). The summed E-state index contributed by atoms with van der Waals surface area (Å²) in [6.07, 6.45) is 0.714. The summed E-state index contributed by atoms with van der Waals surface area (Å²) >= 11 is 0. The van der Waals surface area contributed by atoms with Crippen LogP contribution in [0.25, 0.3) is 0 Å². The van der Waals surface area contributed by atoms with Crippen molar-refractivity contribution in [2.24, 2.45) is 0 Å². The van der Waals surface area contributed by atoms with Gasteiger partial charge in [0.1, 0.15) is 0 Å². The molecule has 0 aliphatic rings. The largest absolute Gasteiger partial charge is 0.463 e. The van der Waals surface area contributed by atoms with Gasteiger partial charge in [0, 0.05) is 19.0 Å². The molecular formula is C17H25NO4. The van der Waals surface area contributed by atoms with Crippen LogP contribution < -0.4 is 0 Å². The van der Waals surface area contributed by atoms with Crippen molar-refractivity contribution in [3.63, 3.8) is 0 Å². The molecule has 0 bridgehead atoms. The van der Waals surface area contributed by atoms with Crippen LogP contribution in [0.5, 0.6) is 0 Å². The van der Waals surface area contributed by atoms with E-state index in [4.69, 9.17) is 9.47 Å². The molecule has 0 spiro atoms. The first kappa shape index (κ1) is 18.2. The van der Waals surface area contributed by atoms with Gasteiger partial charge in [-0.25, -0.2) is 4.79 Å². The van der Waals surface area contributed by atoms with Crippen molar-refractivity contribution < 1.29 is 19.1 Å². The first-order chi connectivity index (χ1) is 10.5. The van der Waals surface area contributed by atoms with E-state index >= 15 is 0 Å². The molecule has 0 aliphatic heterocycles. The van der Waals surface area contributed by atoms with E-state index in [0.717, 1.165) is 18.4 Å². The van der Waals surface area contributed by atoms with Crippen LogP contribution in [0.4, 0.5) is 0 Å². The summed E-state index contributed by atoms with van der Waals surface area (Å²) in [5.74, 6) is -1.02. The molecule has 1 unspecified atom stereocenters. The van der Waals surface area contributed by atoms with E-state index in [-0.39, 0.29) is 0 Å². The predicted octanol–water partition coefficient (Wildman–Crippen LogP) is 2.70. The van der Waals surface area contributed by atoms with Crippen LogP contribution in [0, 0.1) is 0 Å². The van der Waals surface area contributed by atoms with Gasteiger partial charge in [-0.05, 0) is 26.1 Å². The highest BCUT2D eigenvalue weighted by molar-refractivity contribution is 5.80. The Bertz CT molecular complexity index is 499. The van der Waals surface area contributed by atoms with E-state index < -0.39 is 18.0 Å². The van der Waals surface area contributed by atoms with Gasteiger partial charge in [-0.15, -0.1) is 0 Å². The van der Waals surface area contributed by atoms with E-state index in [1.807, 2.05) is 44.1 Å². The fraction of sp³-hybridized carbons (Fsp3) is 0.529. The Morgan fingerprint density at radius 3 is 2.50 bits per heavy atom. The average molecular weight is 307 g/mol. The lowest BCUT2D eigenvalue weighted by Crippen LogP contribution is -2.24. The van der Waals surface area contributed by atoms with Crippen molar-refractivity contribution in [1.29, 1.82) is 0 Å². The van der Waals surface area contributed by atoms with E-state index in [0.29, 0.717) is 18.7 Å². The molecule has 1 aromatic rings. The summed E-state index contributed by atoms with van der Waals surface area (Å²) in [6.45, 7) is 4.30. The summed E-state index contributed by atoms with van der Waals surface area (Å²) in [5, 5.41) is 0. The normalized spacial score (nSPS) is 12.0. The molecule has 0 radical (unpaired) electrons. The summed E-state index contributed by atoms with van der Waals surface area (Å²) in [6, 6.07) is 7.44. The highest BCUT2D eigenvalue weighted by Crippen LogP contribution is 2.24. The summed E-state index contributed by atoms with van der Waals surface area (Å²) in [7, 11) is 3.88. The Morgan fingerprint density at radius 1 is 1.23 bits per heavy atom. The molecule has 1 atom stereocenters. The smallest absolute Gasteiger partial charge is 0.352 e. The molecule has 22 heavy (non-hydrogen) atoms. The van der Waals surface area contributed by atoms with E-state index in [9.17, 15) is 9.59 Å². The number of unbranched alkanes of at least 4 members (excludes halogenated alkanes) is 1. The Kier molecular flexibility index (Phi) is 7.60. The van der Waals surface area contributed by atoms with Crippen LogP contribution >= 0.6 is 0 Å². The maximum atomic E-state index is 12.3. The molecule has 0 fully saturated rings. The van der Waals surface area contributed by atoms with Crippen LogP contribution in [-0.4, -0.2) is 37.5 Å². The standard InChI is InChI=1S/C17H25NO4/c1-5-6-11-21-17(20)16(22-13(2)19)15-10-8-7-9-14(15)12-18(3)4/h7-10,16H,5-6,11-12H2,1-4H3. The molecule has 1 aromatic carbocycles. The summed E-state index contributed by atoms with van der Waals surface area (Å²) in [5.41, 5.74) is 1.61. The molecule has 0 N–H and O–H groups in total. The number of nitrogens with zero attached hydrogens (tertiary/aromatic N) is 1. The van der Waals surface area contributed by atoms with Crippen LogP contribution in [0.1, 0.15) is 43.9 Å². The van der Waals surface area contributed by atoms with Crippen molar-refractivity contribution >= 4 is 11.9 Å². The Balaban J connectivity index is 3.00. The minimum absolute atomic E-state index is 0.336. The molecule has 0 saturated heterocycles. The highest BCUT2D eigenvalue weighted by Gasteiger charge is 2.27. The molecule has 122 valence electrons. The number of hydrogen-bond donors (Lipinski definition) is 0. The summed E-state index contributed by atoms with van der Waals surface area (Å²) < 4.78 is 10.4. The van der Waals surface area contributed by atoms with Crippen molar-refractivity contribution in [3.05, 3.63) is 35.4 Å². The number of esters is 2. The average Bonchev–Trinajstić information content (AvgIpc) is 2.45. The molecule has 5 heteroatoms. The summed E-state index contributed by atoms with van der Waals surface area (Å²) in [4.78, 5) is 25.6. The third kappa shape index (κ3) is 5.85. The van der Waals surface area contributed by atoms with Gasteiger partial charge in [-0.3, -0.25) is 4.79 Å². The van der Waals surface area contributed by atoms with Crippen LogP contribution in [0.2, 0.25) is 0 Å². The predicted molar refractivity (Wildman–Crippen MR) is 84.2 cm³/mol. The molecule has 0 aliphatic carbocycles. The topological polar surface area (TPSA) is 55.8 Å². The van der Waals surface area contributed by atoms with Gasteiger partial charge < -0.3 is 14.4 Å². The van der Waals surface area contributed by atoms with Gasteiger partial charge in [0.15, 0.2) is 0 Å². The molecule has 0 heterocycles. The number of carbonyl (C=O) groups is 2. The fourth-order valence-corrected chi connectivity index (χ4v) is 2.07. The first-order valence-corrected chi connectivity index (χ1v) is 7.52. The van der Waals surface area contributed by atoms with E-state index in [1.54, 1.807) is 6.07 Å². The number of ether oxygens (including phenoxy) is 2. The van der Waals surface area contributed by atoms with Gasteiger partial charge in [-0.2, -0.15) is 0 Å². The lowest BCUT2D eigenvalue weighted by atomic mass is 10.0. The van der Waals surface area contributed by atoms with Crippen molar-refractivity contribution in [2.75, 3.05) is 20.7 Å². The van der Waals surface area contributed by atoms with E-state index in [1.165, 1.54) is 6.92 Å². The third-order valence-electron chi connectivity index (χ3n) is 3.06. The van der Waals surface area contributed by atoms with Crippen molar-refractivity contribution in [1.82, 2.24) is 4.90 Å². The number of benzene rings is 1. The second kappa shape index (κ2) is 9.20. The van der Waals surface area contributed by atoms with Gasteiger partial charge in [0.05, 0.1) is 6.61 Å². The fourth-order valence-electron chi connectivity index (χ4n) is 2.07. The maximum absolute atomic E-state index is 12.3. The lowest BCUT2D eigenvalue weighted by Gasteiger charge is -2.20. The van der Waals surface area contributed by atoms with Gasteiger partial charge in [0.25, 0.3) is 0 Å². The zero-order chi connectivity index (χ0) is 16.5. The molecule has 0 saturated carbocycles. The third-order valence-corrected chi connectivity index (χ3v) is 3.06. The first-order valence-electron chi connectivity index (χ1n) is 7.52. The van der Waals surface area contributed by atoms with E-state index in [2.05, 4.69) is 0 Å². The Hall–Kier alpha value is -1.88. The number of rotatable bonds is 8. The molecule has 0 aromatic heterocycles. The highest BCUT2D eigenvalue weighted by atomic mass is 16.6. The van der Waals surface area contributed by atoms with Gasteiger partial charge >= 0.3 is 11.9 Å². The number of carbonyl (C=O) groups excluding carboxylic acids is 2. The van der Waals surface area contributed by atoms with Crippen LogP contribution in [-0.2, 0) is 25.6 Å². The van der Waals surface area contributed by atoms with Crippen LogP contribution in [0.15, 0.2) is 24.3 Å².